The van der Waals surface area contributed by atoms with Crippen LogP contribution < -0.4 is 10.6 Å². The summed E-state index contributed by atoms with van der Waals surface area (Å²) in [5.41, 5.74) is 1.19. The molecule has 7 heteroatoms. The van der Waals surface area contributed by atoms with Gasteiger partial charge in [0, 0.05) is 24.9 Å². The van der Waals surface area contributed by atoms with Crippen LogP contribution in [0.5, 0.6) is 0 Å². The lowest BCUT2D eigenvalue weighted by molar-refractivity contribution is -0.142. The third kappa shape index (κ3) is 19.1. The normalized spacial score (nSPS) is 12.9. The Morgan fingerprint density at radius 2 is 1.38 bits per heavy atom. The summed E-state index contributed by atoms with van der Waals surface area (Å²) in [6.45, 7) is 4.34. The second kappa shape index (κ2) is 24.8. The van der Waals surface area contributed by atoms with Crippen LogP contribution in [-0.4, -0.2) is 40.5 Å². The molecule has 42 heavy (non-hydrogen) atoms. The first-order valence-electron chi connectivity index (χ1n) is 15.1. The van der Waals surface area contributed by atoms with Crippen molar-refractivity contribution in [2.45, 2.75) is 90.5 Å². The van der Waals surface area contributed by atoms with Gasteiger partial charge in [0.2, 0.25) is 5.91 Å². The second-order valence-electron chi connectivity index (χ2n) is 9.80. The van der Waals surface area contributed by atoms with Crippen LogP contribution in [0.1, 0.15) is 93.6 Å². The van der Waals surface area contributed by atoms with Gasteiger partial charge in [0.15, 0.2) is 0 Å². The molecule has 1 aromatic rings. The monoisotopic (exact) mass is 575 g/mol. The van der Waals surface area contributed by atoms with E-state index in [1.165, 1.54) is 0 Å². The summed E-state index contributed by atoms with van der Waals surface area (Å²) in [7, 11) is 0. The number of rotatable bonds is 22. The molecule has 1 rings (SSSR count). The van der Waals surface area contributed by atoms with Gasteiger partial charge >= 0.3 is 5.97 Å². The number of aliphatic carboxylic acids is 1. The fourth-order valence-electron chi connectivity index (χ4n) is 3.87. The molecular formula is C35H49N3O4. The van der Waals surface area contributed by atoms with Crippen LogP contribution in [0.15, 0.2) is 91.2 Å². The van der Waals surface area contributed by atoms with E-state index in [9.17, 15) is 19.5 Å². The second-order valence-corrected chi connectivity index (χ2v) is 9.80. The molecule has 0 aliphatic heterocycles. The van der Waals surface area contributed by atoms with E-state index in [1.807, 2.05) is 12.2 Å². The number of aryl methyl sites for hydroxylation is 1. The van der Waals surface area contributed by atoms with E-state index in [0.29, 0.717) is 43.5 Å². The first-order chi connectivity index (χ1) is 20.5. The Morgan fingerprint density at radius 1 is 0.833 bits per heavy atom. The molecule has 0 aromatic carbocycles. The standard InChI is InChI=1S/C35H49N3O4/c1-3-4-5-6-7-8-9-10-11-12-13-14-15-16-17-18-19-20-21-27-33(39)38-32(35(41)42)26-22-23-28-37-34(40)31-25-24-29-36-30(31)2/h4-5,7-8,10-11,13-14,16-17,19-20,24-25,29,32H,3,6,9,12,15,18,21-23,26-28H2,1-2H3,(H,37,40)(H,38,39)(H,41,42)/t32-/m0/s1. The maximum absolute atomic E-state index is 12.2. The van der Waals surface area contributed by atoms with E-state index in [4.69, 9.17) is 0 Å². The summed E-state index contributed by atoms with van der Waals surface area (Å²) < 4.78 is 0. The number of carbonyl (C=O) groups excluding carboxylic acids is 2. The Morgan fingerprint density at radius 3 is 1.90 bits per heavy atom. The van der Waals surface area contributed by atoms with Gasteiger partial charge in [0.25, 0.3) is 5.91 Å². The third-order valence-corrected chi connectivity index (χ3v) is 6.22. The average Bonchev–Trinajstić information content (AvgIpc) is 2.97. The first kappa shape index (κ1) is 36.0. The predicted octanol–water partition coefficient (Wildman–Crippen LogP) is 7.34. The Balaban J connectivity index is 2.12. The molecule has 1 heterocycles. The van der Waals surface area contributed by atoms with Crippen LogP contribution in [0.25, 0.3) is 0 Å². The van der Waals surface area contributed by atoms with Gasteiger partial charge < -0.3 is 15.7 Å². The Labute approximate surface area is 252 Å². The van der Waals surface area contributed by atoms with Crippen molar-refractivity contribution < 1.29 is 19.5 Å². The zero-order chi connectivity index (χ0) is 30.7. The van der Waals surface area contributed by atoms with Crippen molar-refractivity contribution >= 4 is 17.8 Å². The fourth-order valence-corrected chi connectivity index (χ4v) is 3.87. The van der Waals surface area contributed by atoms with Crippen molar-refractivity contribution in [2.24, 2.45) is 0 Å². The first-order valence-corrected chi connectivity index (χ1v) is 15.1. The summed E-state index contributed by atoms with van der Waals surface area (Å²) in [6.07, 6.45) is 35.2. The Kier molecular flexibility index (Phi) is 21.2. The molecule has 0 radical (unpaired) electrons. The maximum Gasteiger partial charge on any atom is 0.326 e. The lowest BCUT2D eigenvalue weighted by atomic mass is 10.1. The Bertz CT molecular complexity index is 1100. The lowest BCUT2D eigenvalue weighted by Crippen LogP contribution is -2.40. The number of aromatic nitrogens is 1. The molecule has 7 nitrogen and oxygen atoms in total. The molecule has 1 aromatic heterocycles. The molecule has 0 unspecified atom stereocenters. The number of pyridine rings is 1. The molecule has 0 aliphatic carbocycles. The smallest absolute Gasteiger partial charge is 0.326 e. The minimum Gasteiger partial charge on any atom is -0.480 e. The van der Waals surface area contributed by atoms with Gasteiger partial charge in [0.05, 0.1) is 5.56 Å². The fraction of sp³-hybridized carbons (Fsp3) is 0.429. The third-order valence-electron chi connectivity index (χ3n) is 6.22. The van der Waals surface area contributed by atoms with Crippen molar-refractivity contribution in [3.63, 3.8) is 0 Å². The van der Waals surface area contributed by atoms with Crippen LogP contribution in [0.3, 0.4) is 0 Å². The number of carbonyl (C=O) groups is 3. The van der Waals surface area contributed by atoms with E-state index in [2.05, 4.69) is 83.3 Å². The van der Waals surface area contributed by atoms with Gasteiger partial charge in [-0.25, -0.2) is 4.79 Å². The van der Waals surface area contributed by atoms with E-state index in [1.54, 1.807) is 25.3 Å². The molecule has 0 saturated carbocycles. The molecule has 1 atom stereocenters. The van der Waals surface area contributed by atoms with Gasteiger partial charge in [-0.05, 0) is 83.3 Å². The highest BCUT2D eigenvalue weighted by Crippen LogP contribution is 2.06. The number of allylic oxidation sites excluding steroid dienone is 12. The molecular weight excluding hydrogens is 526 g/mol. The molecule has 2 amide bonds. The topological polar surface area (TPSA) is 108 Å². The minimum absolute atomic E-state index is 0.196. The largest absolute Gasteiger partial charge is 0.480 e. The molecule has 0 fully saturated rings. The highest BCUT2D eigenvalue weighted by molar-refractivity contribution is 5.95. The van der Waals surface area contributed by atoms with Crippen molar-refractivity contribution in [3.05, 3.63) is 102 Å². The van der Waals surface area contributed by atoms with Crippen molar-refractivity contribution in [1.82, 2.24) is 15.6 Å². The van der Waals surface area contributed by atoms with E-state index < -0.39 is 12.0 Å². The van der Waals surface area contributed by atoms with Gasteiger partial charge in [-0.1, -0.05) is 79.8 Å². The SMILES string of the molecule is CCC=CCC=CCC=CCC=CCC=CCC=CCCC(=O)N[C@@H](CCCCNC(=O)c1cccnc1C)C(=O)O. The molecule has 0 saturated heterocycles. The van der Waals surface area contributed by atoms with Crippen LogP contribution in [0.4, 0.5) is 0 Å². The number of carboxylic acids is 1. The van der Waals surface area contributed by atoms with Gasteiger partial charge in [0.1, 0.15) is 6.04 Å². The molecule has 0 bridgehead atoms. The summed E-state index contributed by atoms with van der Waals surface area (Å²) in [5, 5.41) is 14.9. The van der Waals surface area contributed by atoms with E-state index in [0.717, 1.165) is 38.5 Å². The summed E-state index contributed by atoms with van der Waals surface area (Å²) >= 11 is 0. The summed E-state index contributed by atoms with van der Waals surface area (Å²) in [6, 6.07) is 2.50. The molecule has 0 spiro atoms. The number of nitrogens with one attached hydrogen (secondary N) is 2. The van der Waals surface area contributed by atoms with Crippen LogP contribution in [0.2, 0.25) is 0 Å². The number of hydrogen-bond donors (Lipinski definition) is 3. The number of carboxylic acid groups (broad SMARTS) is 1. The van der Waals surface area contributed by atoms with E-state index >= 15 is 0 Å². The van der Waals surface area contributed by atoms with Crippen molar-refractivity contribution in [2.75, 3.05) is 6.54 Å². The zero-order valence-corrected chi connectivity index (χ0v) is 25.3. The maximum atomic E-state index is 12.2. The highest BCUT2D eigenvalue weighted by atomic mass is 16.4. The number of amides is 2. The average molecular weight is 576 g/mol. The Hall–Kier alpha value is -4.00. The number of unbranched alkanes of at least 4 members (excludes halogenated alkanes) is 1. The predicted molar refractivity (Wildman–Crippen MR) is 172 cm³/mol. The van der Waals surface area contributed by atoms with Gasteiger partial charge in [-0.15, -0.1) is 0 Å². The minimum atomic E-state index is -1.05. The number of hydrogen-bond acceptors (Lipinski definition) is 4. The molecule has 228 valence electrons. The van der Waals surface area contributed by atoms with Crippen LogP contribution >= 0.6 is 0 Å². The molecule has 0 aliphatic rings. The summed E-state index contributed by atoms with van der Waals surface area (Å²) in [5.74, 6) is -1.52. The van der Waals surface area contributed by atoms with E-state index in [-0.39, 0.29) is 18.2 Å². The lowest BCUT2D eigenvalue weighted by Gasteiger charge is -2.14. The van der Waals surface area contributed by atoms with Gasteiger partial charge in [-0.2, -0.15) is 0 Å². The summed E-state index contributed by atoms with van der Waals surface area (Å²) in [4.78, 5) is 40.1. The van der Waals surface area contributed by atoms with Crippen molar-refractivity contribution in [1.29, 1.82) is 0 Å². The quantitative estimate of drug-likeness (QED) is 0.0990. The number of nitrogens with zero attached hydrogens (tertiary/aromatic N) is 1. The van der Waals surface area contributed by atoms with Crippen LogP contribution in [-0.2, 0) is 9.59 Å². The van der Waals surface area contributed by atoms with Gasteiger partial charge in [-0.3, -0.25) is 14.6 Å². The van der Waals surface area contributed by atoms with Crippen molar-refractivity contribution in [3.8, 4) is 0 Å². The molecule has 3 N–H and O–H groups in total. The van der Waals surface area contributed by atoms with Crippen LogP contribution in [0, 0.1) is 6.92 Å². The zero-order valence-electron chi connectivity index (χ0n) is 25.3. The highest BCUT2D eigenvalue weighted by Gasteiger charge is 2.19.